The number of non-ortho nitro benzene ring substituents is 1. The molecule has 1 aromatic carbocycles. The smallest absolute Gasteiger partial charge is 0.269 e. The van der Waals surface area contributed by atoms with Crippen LogP contribution < -0.4 is 5.73 Å². The molecule has 0 amide bonds. The van der Waals surface area contributed by atoms with Crippen molar-refractivity contribution >= 4 is 11.5 Å². The van der Waals surface area contributed by atoms with Crippen LogP contribution >= 0.6 is 0 Å². The van der Waals surface area contributed by atoms with Crippen LogP contribution in [0.1, 0.15) is 0 Å². The lowest BCUT2D eigenvalue weighted by Gasteiger charge is -2.02. The second-order valence-electron chi connectivity index (χ2n) is 4.31. The summed E-state index contributed by atoms with van der Waals surface area (Å²) in [4.78, 5) is 14.2. The van der Waals surface area contributed by atoms with Crippen LogP contribution in [0.15, 0.2) is 53.3 Å². The fourth-order valence-corrected chi connectivity index (χ4v) is 2.03. The van der Waals surface area contributed by atoms with Crippen molar-refractivity contribution in [3.05, 3.63) is 58.9 Å². The molecule has 3 rings (SSSR count). The van der Waals surface area contributed by atoms with Crippen molar-refractivity contribution in [2.24, 2.45) is 0 Å². The first-order valence-corrected chi connectivity index (χ1v) is 6.07. The van der Waals surface area contributed by atoms with E-state index in [1.54, 1.807) is 36.7 Å². The summed E-state index contributed by atoms with van der Waals surface area (Å²) in [5, 5.41) is 14.5. The molecular weight excluding hydrogens is 272 g/mol. The molecular formula is C14H10N4O3. The summed E-state index contributed by atoms with van der Waals surface area (Å²) in [7, 11) is 0. The molecule has 0 aliphatic rings. The lowest BCUT2D eigenvalue weighted by Crippen LogP contribution is -1.90. The maximum absolute atomic E-state index is 10.7. The van der Waals surface area contributed by atoms with Crippen molar-refractivity contribution in [3.8, 4) is 22.5 Å². The van der Waals surface area contributed by atoms with Crippen LogP contribution in [-0.2, 0) is 0 Å². The van der Waals surface area contributed by atoms with Gasteiger partial charge >= 0.3 is 0 Å². The molecule has 0 spiro atoms. The maximum atomic E-state index is 10.7. The standard InChI is InChI=1S/C14H10N4O3/c15-14-12(9-5-7-16-8-6-9)13(21-17-14)10-1-3-11(4-2-10)18(19)20/h1-8H,(H2,15,17). The highest BCUT2D eigenvalue weighted by Gasteiger charge is 2.18. The highest BCUT2D eigenvalue weighted by molar-refractivity contribution is 5.86. The SMILES string of the molecule is Nc1noc(-c2ccc([N+](=O)[O-])cc2)c1-c1ccncc1. The van der Waals surface area contributed by atoms with Crippen molar-refractivity contribution in [3.63, 3.8) is 0 Å². The van der Waals surface area contributed by atoms with Crippen LogP contribution in [0.3, 0.4) is 0 Å². The average Bonchev–Trinajstić information content (AvgIpc) is 2.90. The molecule has 0 saturated carbocycles. The van der Waals surface area contributed by atoms with Gasteiger partial charge in [0.2, 0.25) is 0 Å². The minimum absolute atomic E-state index is 0.0108. The van der Waals surface area contributed by atoms with Gasteiger partial charge in [0.25, 0.3) is 5.69 Å². The molecule has 7 heteroatoms. The topological polar surface area (TPSA) is 108 Å². The molecule has 104 valence electrons. The van der Waals surface area contributed by atoms with Crippen LogP contribution in [-0.4, -0.2) is 15.1 Å². The first-order chi connectivity index (χ1) is 10.2. The van der Waals surface area contributed by atoms with Gasteiger partial charge in [0, 0.05) is 30.1 Å². The van der Waals surface area contributed by atoms with Crippen LogP contribution in [0.5, 0.6) is 0 Å². The van der Waals surface area contributed by atoms with Gasteiger partial charge in [0.1, 0.15) is 0 Å². The van der Waals surface area contributed by atoms with E-state index in [2.05, 4.69) is 10.1 Å². The molecule has 0 aliphatic carbocycles. The summed E-state index contributed by atoms with van der Waals surface area (Å²) in [6.45, 7) is 0. The van der Waals surface area contributed by atoms with Gasteiger partial charge < -0.3 is 10.3 Å². The van der Waals surface area contributed by atoms with Gasteiger partial charge in [-0.25, -0.2) is 0 Å². The van der Waals surface area contributed by atoms with Gasteiger partial charge in [-0.3, -0.25) is 15.1 Å². The number of nitrogen functional groups attached to an aromatic ring is 1. The Hall–Kier alpha value is -3.22. The summed E-state index contributed by atoms with van der Waals surface area (Å²) >= 11 is 0. The summed E-state index contributed by atoms with van der Waals surface area (Å²) in [6.07, 6.45) is 3.28. The van der Waals surface area contributed by atoms with E-state index < -0.39 is 4.92 Å². The van der Waals surface area contributed by atoms with Gasteiger partial charge in [-0.2, -0.15) is 0 Å². The van der Waals surface area contributed by atoms with Crippen LogP contribution in [0.2, 0.25) is 0 Å². The van der Waals surface area contributed by atoms with E-state index in [1.807, 2.05) is 0 Å². The lowest BCUT2D eigenvalue weighted by atomic mass is 10.0. The van der Waals surface area contributed by atoms with E-state index in [4.69, 9.17) is 10.3 Å². The number of nitro benzene ring substituents is 1. The minimum atomic E-state index is -0.456. The average molecular weight is 282 g/mol. The molecule has 2 aromatic heterocycles. The summed E-state index contributed by atoms with van der Waals surface area (Å²) in [5.74, 6) is 0.725. The summed E-state index contributed by atoms with van der Waals surface area (Å²) in [6, 6.07) is 9.59. The van der Waals surface area contributed by atoms with Crippen LogP contribution in [0.4, 0.5) is 11.5 Å². The molecule has 7 nitrogen and oxygen atoms in total. The number of benzene rings is 1. The van der Waals surface area contributed by atoms with Gasteiger partial charge in [-0.15, -0.1) is 0 Å². The number of anilines is 1. The Morgan fingerprint density at radius 2 is 1.71 bits per heavy atom. The molecule has 0 fully saturated rings. The van der Waals surface area contributed by atoms with E-state index in [1.165, 1.54) is 12.1 Å². The molecule has 21 heavy (non-hydrogen) atoms. The molecule has 0 saturated heterocycles. The van der Waals surface area contributed by atoms with E-state index in [-0.39, 0.29) is 11.5 Å². The van der Waals surface area contributed by atoms with Crippen molar-refractivity contribution in [1.82, 2.24) is 10.1 Å². The Morgan fingerprint density at radius 3 is 2.33 bits per heavy atom. The number of hydrogen-bond acceptors (Lipinski definition) is 6. The number of aromatic nitrogens is 2. The Kier molecular flexibility index (Phi) is 3.07. The number of rotatable bonds is 3. The minimum Gasteiger partial charge on any atom is -0.380 e. The van der Waals surface area contributed by atoms with Gasteiger partial charge in [0.15, 0.2) is 11.6 Å². The Bertz CT molecular complexity index is 782. The number of nitro groups is 1. The first-order valence-electron chi connectivity index (χ1n) is 6.07. The molecule has 2 heterocycles. The largest absolute Gasteiger partial charge is 0.380 e. The third-order valence-electron chi connectivity index (χ3n) is 3.03. The molecule has 0 unspecified atom stereocenters. The highest BCUT2D eigenvalue weighted by Crippen LogP contribution is 2.36. The predicted octanol–water partition coefficient (Wildman–Crippen LogP) is 2.89. The third-order valence-corrected chi connectivity index (χ3v) is 3.03. The number of nitrogens with two attached hydrogens (primary N) is 1. The zero-order chi connectivity index (χ0) is 14.8. The van der Waals surface area contributed by atoms with Crippen molar-refractivity contribution in [2.75, 3.05) is 5.73 Å². The quantitative estimate of drug-likeness (QED) is 0.584. The first kappa shape index (κ1) is 12.8. The molecule has 0 bridgehead atoms. The van der Waals surface area contributed by atoms with Crippen LogP contribution in [0, 0.1) is 10.1 Å². The highest BCUT2D eigenvalue weighted by atomic mass is 16.6. The van der Waals surface area contributed by atoms with Crippen molar-refractivity contribution in [1.29, 1.82) is 0 Å². The Balaban J connectivity index is 2.10. The van der Waals surface area contributed by atoms with E-state index in [9.17, 15) is 10.1 Å². The number of hydrogen-bond donors (Lipinski definition) is 1. The van der Waals surface area contributed by atoms with Gasteiger partial charge in [-0.1, -0.05) is 5.16 Å². The second kappa shape index (κ2) is 5.04. The zero-order valence-electron chi connectivity index (χ0n) is 10.8. The summed E-state index contributed by atoms with van der Waals surface area (Å²) < 4.78 is 5.27. The molecule has 0 aliphatic heterocycles. The monoisotopic (exact) mass is 282 g/mol. The Morgan fingerprint density at radius 1 is 1.05 bits per heavy atom. The molecule has 3 aromatic rings. The van der Waals surface area contributed by atoms with E-state index in [0.717, 1.165) is 5.56 Å². The number of pyridine rings is 1. The lowest BCUT2D eigenvalue weighted by molar-refractivity contribution is -0.384. The van der Waals surface area contributed by atoms with Crippen molar-refractivity contribution < 1.29 is 9.45 Å². The summed E-state index contributed by atoms with van der Waals surface area (Å²) in [5.41, 5.74) is 7.99. The fraction of sp³-hybridized carbons (Fsp3) is 0. The van der Waals surface area contributed by atoms with Gasteiger partial charge in [-0.05, 0) is 29.8 Å². The van der Waals surface area contributed by atoms with E-state index in [0.29, 0.717) is 16.9 Å². The third kappa shape index (κ3) is 2.32. The maximum Gasteiger partial charge on any atom is 0.269 e. The predicted molar refractivity (Wildman–Crippen MR) is 76.2 cm³/mol. The number of nitrogens with zero attached hydrogens (tertiary/aromatic N) is 3. The van der Waals surface area contributed by atoms with Crippen LogP contribution in [0.25, 0.3) is 22.5 Å². The van der Waals surface area contributed by atoms with Gasteiger partial charge in [0.05, 0.1) is 10.5 Å². The zero-order valence-corrected chi connectivity index (χ0v) is 10.8. The fourth-order valence-electron chi connectivity index (χ4n) is 2.03. The van der Waals surface area contributed by atoms with Crippen molar-refractivity contribution in [2.45, 2.75) is 0 Å². The Labute approximate surface area is 119 Å². The molecule has 2 N–H and O–H groups in total. The second-order valence-corrected chi connectivity index (χ2v) is 4.31. The normalized spacial score (nSPS) is 10.5. The molecule has 0 atom stereocenters. The van der Waals surface area contributed by atoms with E-state index >= 15 is 0 Å². The molecule has 0 radical (unpaired) electrons.